The number of rotatable bonds is 16. The summed E-state index contributed by atoms with van der Waals surface area (Å²) in [6, 6.07) is 13.9. The number of ketones is 1. The number of nitrogens with one attached hydrogen (secondary N) is 1. The molecular weight excluding hydrogens is 492 g/mol. The smallest absolute Gasteiger partial charge is 0.295 e. The summed E-state index contributed by atoms with van der Waals surface area (Å²) in [5, 5.41) is 11.4. The molecule has 1 aliphatic rings. The highest BCUT2D eigenvalue weighted by Gasteiger charge is 2.45. The van der Waals surface area contributed by atoms with Crippen LogP contribution in [0.25, 0.3) is 5.76 Å². The molecule has 1 amide bonds. The largest absolute Gasteiger partial charge is 0.507 e. The Hall–Kier alpha value is -3.32. The Labute approximate surface area is 233 Å². The lowest BCUT2D eigenvalue weighted by Crippen LogP contribution is -3.11. The molecule has 7 heteroatoms. The number of hydrogen-bond donors (Lipinski definition) is 2. The Morgan fingerprint density at radius 2 is 1.36 bits per heavy atom. The second-order valence-electron chi connectivity index (χ2n) is 10.1. The van der Waals surface area contributed by atoms with Crippen LogP contribution in [0.4, 0.5) is 0 Å². The van der Waals surface area contributed by atoms with E-state index in [9.17, 15) is 14.7 Å². The van der Waals surface area contributed by atoms with Crippen molar-refractivity contribution in [2.24, 2.45) is 0 Å². The van der Waals surface area contributed by atoms with Gasteiger partial charge in [0.25, 0.3) is 11.7 Å². The first-order chi connectivity index (χ1) is 18.9. The molecular formula is C32H45N2O5+. The molecule has 39 heavy (non-hydrogen) atoms. The van der Waals surface area contributed by atoms with E-state index < -0.39 is 17.7 Å². The zero-order valence-corrected chi connectivity index (χ0v) is 24.0. The summed E-state index contributed by atoms with van der Waals surface area (Å²) in [5.74, 6) is 0.0548. The molecule has 7 nitrogen and oxygen atoms in total. The highest BCUT2D eigenvalue weighted by atomic mass is 16.5. The van der Waals surface area contributed by atoms with E-state index in [2.05, 4.69) is 27.7 Å². The van der Waals surface area contributed by atoms with Gasteiger partial charge in [0.05, 0.1) is 44.5 Å². The number of nitrogens with zero attached hydrogens (tertiary/aromatic N) is 1. The van der Waals surface area contributed by atoms with Gasteiger partial charge in [0, 0.05) is 18.5 Å². The molecule has 0 saturated carbocycles. The molecule has 0 radical (unpaired) electrons. The van der Waals surface area contributed by atoms with Crippen molar-refractivity contribution in [1.29, 1.82) is 0 Å². The van der Waals surface area contributed by atoms with E-state index in [1.54, 1.807) is 29.2 Å². The maximum atomic E-state index is 13.3. The number of amides is 1. The lowest BCUT2D eigenvalue weighted by molar-refractivity contribution is -0.896. The molecule has 3 rings (SSSR count). The Morgan fingerprint density at radius 1 is 0.821 bits per heavy atom. The first-order valence-electron chi connectivity index (χ1n) is 14.5. The van der Waals surface area contributed by atoms with Crippen LogP contribution in [0.15, 0.2) is 54.1 Å². The third-order valence-electron chi connectivity index (χ3n) is 7.33. The molecule has 1 saturated heterocycles. The van der Waals surface area contributed by atoms with Gasteiger partial charge in [-0.15, -0.1) is 0 Å². The molecule has 2 aromatic carbocycles. The second kappa shape index (κ2) is 15.3. The maximum Gasteiger partial charge on any atom is 0.295 e. The van der Waals surface area contributed by atoms with Crippen molar-refractivity contribution in [1.82, 2.24) is 4.90 Å². The van der Waals surface area contributed by atoms with Crippen LogP contribution in [0.5, 0.6) is 11.5 Å². The average molecular weight is 538 g/mol. The lowest BCUT2D eigenvalue weighted by Gasteiger charge is -2.26. The van der Waals surface area contributed by atoms with Crippen molar-refractivity contribution in [3.8, 4) is 11.5 Å². The standard InChI is InChI=1S/C32H44N2O5/c1-5-9-22-38-26-16-12-24(13-17-26)29-28(30(35)25-14-18-27(19-15-25)39-23-10-6-2)31(36)32(37)34(29)21-11-20-33(7-3)8-4/h12-19,29,35H,5-11,20-23H2,1-4H3/p+1. The van der Waals surface area contributed by atoms with E-state index in [0.29, 0.717) is 31.1 Å². The first kappa shape index (κ1) is 30.2. The van der Waals surface area contributed by atoms with Crippen molar-refractivity contribution >= 4 is 17.4 Å². The summed E-state index contributed by atoms with van der Waals surface area (Å²) in [7, 11) is 0. The van der Waals surface area contributed by atoms with E-state index in [1.807, 2.05) is 24.3 Å². The van der Waals surface area contributed by atoms with Crippen LogP contribution < -0.4 is 14.4 Å². The number of aliphatic hydroxyl groups excluding tert-OH is 1. The number of benzene rings is 2. The fraction of sp³-hybridized carbons (Fsp3) is 0.500. The molecule has 1 heterocycles. The topological polar surface area (TPSA) is 80.5 Å². The van der Waals surface area contributed by atoms with E-state index in [0.717, 1.165) is 63.1 Å². The van der Waals surface area contributed by atoms with Gasteiger partial charge in [-0.25, -0.2) is 0 Å². The summed E-state index contributed by atoms with van der Waals surface area (Å²) in [4.78, 5) is 29.7. The third-order valence-corrected chi connectivity index (χ3v) is 7.33. The van der Waals surface area contributed by atoms with Crippen LogP contribution in [0.1, 0.15) is 77.0 Å². The number of ether oxygens (including phenoxy) is 2. The number of unbranched alkanes of at least 4 members (excludes halogenated alkanes) is 2. The SMILES string of the molecule is CCCCOc1ccc(C(O)=C2C(=O)C(=O)N(CCC[NH+](CC)CC)C2c2ccc(OCCCC)cc2)cc1. The third kappa shape index (κ3) is 7.85. The van der Waals surface area contributed by atoms with Crippen LogP contribution in [-0.4, -0.2) is 61.1 Å². The van der Waals surface area contributed by atoms with E-state index in [1.165, 1.54) is 4.90 Å². The number of quaternary nitrogens is 1. The van der Waals surface area contributed by atoms with Crippen molar-refractivity contribution in [2.45, 2.75) is 65.8 Å². The van der Waals surface area contributed by atoms with E-state index >= 15 is 0 Å². The molecule has 1 aliphatic heterocycles. The number of aliphatic hydroxyl groups is 1. The van der Waals surface area contributed by atoms with Gasteiger partial charge in [-0.3, -0.25) is 9.59 Å². The van der Waals surface area contributed by atoms with E-state index in [-0.39, 0.29) is 11.3 Å². The predicted molar refractivity (Wildman–Crippen MR) is 154 cm³/mol. The summed E-state index contributed by atoms with van der Waals surface area (Å²) in [6.45, 7) is 13.1. The van der Waals surface area contributed by atoms with Gasteiger partial charge in [-0.2, -0.15) is 0 Å². The summed E-state index contributed by atoms with van der Waals surface area (Å²) in [5.41, 5.74) is 1.37. The quantitative estimate of drug-likeness (QED) is 0.139. The molecule has 0 aliphatic carbocycles. The lowest BCUT2D eigenvalue weighted by atomic mass is 9.95. The fourth-order valence-electron chi connectivity index (χ4n) is 4.84. The highest BCUT2D eigenvalue weighted by molar-refractivity contribution is 6.46. The van der Waals surface area contributed by atoms with Gasteiger partial charge >= 0.3 is 0 Å². The minimum atomic E-state index is -0.665. The van der Waals surface area contributed by atoms with Gasteiger partial charge < -0.3 is 24.4 Å². The summed E-state index contributed by atoms with van der Waals surface area (Å²) >= 11 is 0. The van der Waals surface area contributed by atoms with Gasteiger partial charge in [-0.1, -0.05) is 38.8 Å². The zero-order valence-electron chi connectivity index (χ0n) is 24.0. The van der Waals surface area contributed by atoms with Gasteiger partial charge in [0.2, 0.25) is 0 Å². The van der Waals surface area contributed by atoms with Crippen LogP contribution in [0.2, 0.25) is 0 Å². The Morgan fingerprint density at radius 3 is 1.87 bits per heavy atom. The van der Waals surface area contributed by atoms with E-state index in [4.69, 9.17) is 9.47 Å². The molecule has 212 valence electrons. The molecule has 0 aromatic heterocycles. The molecule has 2 aromatic rings. The molecule has 2 N–H and O–H groups in total. The van der Waals surface area contributed by atoms with Crippen LogP contribution in [0.3, 0.4) is 0 Å². The normalized spacial score (nSPS) is 16.7. The zero-order chi connectivity index (χ0) is 28.2. The summed E-state index contributed by atoms with van der Waals surface area (Å²) in [6.07, 6.45) is 4.79. The van der Waals surface area contributed by atoms with Crippen molar-refractivity contribution in [3.05, 3.63) is 65.2 Å². The second-order valence-corrected chi connectivity index (χ2v) is 10.1. The highest BCUT2D eigenvalue weighted by Crippen LogP contribution is 2.40. The van der Waals surface area contributed by atoms with Crippen molar-refractivity contribution < 1.29 is 29.1 Å². The van der Waals surface area contributed by atoms with Crippen molar-refractivity contribution in [2.75, 3.05) is 39.4 Å². The minimum Gasteiger partial charge on any atom is -0.507 e. The van der Waals surface area contributed by atoms with Crippen molar-refractivity contribution in [3.63, 3.8) is 0 Å². The van der Waals surface area contributed by atoms with Gasteiger partial charge in [0.1, 0.15) is 17.3 Å². The Balaban J connectivity index is 1.93. The Bertz CT molecular complexity index is 1090. The minimum absolute atomic E-state index is 0.120. The van der Waals surface area contributed by atoms with Gasteiger partial charge in [-0.05, 0) is 68.7 Å². The van der Waals surface area contributed by atoms with Crippen LogP contribution >= 0.6 is 0 Å². The Kier molecular flexibility index (Phi) is 11.9. The summed E-state index contributed by atoms with van der Waals surface area (Å²) < 4.78 is 11.6. The molecule has 0 bridgehead atoms. The molecule has 1 unspecified atom stereocenters. The van der Waals surface area contributed by atoms with Crippen LogP contribution in [0, 0.1) is 0 Å². The number of hydrogen-bond acceptors (Lipinski definition) is 5. The monoisotopic (exact) mass is 537 g/mol. The number of likely N-dealkylation sites (tertiary alicyclic amines) is 1. The molecule has 1 fully saturated rings. The predicted octanol–water partition coefficient (Wildman–Crippen LogP) is 4.78. The number of carbonyl (C=O) groups is 2. The molecule has 1 atom stereocenters. The maximum absolute atomic E-state index is 13.3. The fourth-order valence-corrected chi connectivity index (χ4v) is 4.84. The number of Topliss-reactive ketones (excluding diaryl/α,β-unsaturated/α-hetero) is 1. The van der Waals surface area contributed by atoms with Crippen LogP contribution in [-0.2, 0) is 9.59 Å². The van der Waals surface area contributed by atoms with Gasteiger partial charge in [0.15, 0.2) is 0 Å². The first-order valence-corrected chi connectivity index (χ1v) is 14.5. The number of carbonyl (C=O) groups excluding carboxylic acids is 2. The average Bonchev–Trinajstić information content (AvgIpc) is 3.21. The molecule has 0 spiro atoms.